The largest absolute Gasteiger partial charge is 0.302 e. The molecule has 126 valence electrons. The van der Waals surface area contributed by atoms with Gasteiger partial charge in [0.1, 0.15) is 0 Å². The maximum atomic E-state index is 3.73. The van der Waals surface area contributed by atoms with Crippen LogP contribution < -0.4 is 0 Å². The number of likely N-dealkylation sites (tertiary alicyclic amines) is 2. The number of rotatable bonds is 5. The van der Waals surface area contributed by atoms with Crippen LogP contribution in [-0.4, -0.2) is 35.5 Å². The van der Waals surface area contributed by atoms with Gasteiger partial charge in [0, 0.05) is 29.6 Å². The Labute approximate surface area is 153 Å². The summed E-state index contributed by atoms with van der Waals surface area (Å²) < 4.78 is 1.23. The Hall–Kier alpha value is -1.16. The average molecular weight is 385 g/mol. The third-order valence-electron chi connectivity index (χ3n) is 5.53. The fraction of sp³-hybridized carbons (Fsp3) is 0.429. The smallest absolute Gasteiger partial charge is 0.0370 e. The third kappa shape index (κ3) is 3.44. The molecule has 0 saturated carbocycles. The second kappa shape index (κ2) is 7.38. The van der Waals surface area contributed by atoms with E-state index in [1.165, 1.54) is 54.5 Å². The van der Waals surface area contributed by atoms with Crippen molar-refractivity contribution in [2.24, 2.45) is 0 Å². The van der Waals surface area contributed by atoms with Crippen LogP contribution in [0.15, 0.2) is 59.1 Å². The van der Waals surface area contributed by atoms with E-state index in [2.05, 4.69) is 80.3 Å². The summed E-state index contributed by atoms with van der Waals surface area (Å²) in [5.74, 6) is 0. The van der Waals surface area contributed by atoms with Crippen LogP contribution in [0.4, 0.5) is 0 Å². The van der Waals surface area contributed by atoms with Crippen LogP contribution in [0.5, 0.6) is 0 Å². The molecule has 0 aliphatic carbocycles. The second-order valence-corrected chi connectivity index (χ2v) is 7.94. The van der Waals surface area contributed by atoms with E-state index >= 15 is 0 Å². The first-order valence-corrected chi connectivity index (χ1v) is 9.87. The fourth-order valence-electron chi connectivity index (χ4n) is 4.15. The van der Waals surface area contributed by atoms with Gasteiger partial charge in [-0.3, -0.25) is 4.90 Å². The van der Waals surface area contributed by atoms with Crippen molar-refractivity contribution in [1.29, 1.82) is 0 Å². The van der Waals surface area contributed by atoms with E-state index in [4.69, 9.17) is 0 Å². The number of hydrogen-bond donors (Lipinski definition) is 0. The van der Waals surface area contributed by atoms with Gasteiger partial charge in [-0.25, -0.2) is 0 Å². The molecule has 2 aromatic carbocycles. The van der Waals surface area contributed by atoms with E-state index in [-0.39, 0.29) is 0 Å². The summed E-state index contributed by atoms with van der Waals surface area (Å²) in [6.07, 6.45) is 4.03. The van der Waals surface area contributed by atoms with Crippen molar-refractivity contribution >= 4 is 15.9 Å². The summed E-state index contributed by atoms with van der Waals surface area (Å²) in [5, 5.41) is 0. The molecule has 2 fully saturated rings. The average Bonchev–Trinajstić information content (AvgIpc) is 3.11. The standard InChI is InChI=1S/C21H25BrN2/c22-20-11-5-4-10-18(20)15-24-19(16-23-12-6-7-13-23)14-21(24)17-8-2-1-3-9-17/h1-5,8-11,19,21H,6-7,12-16H2. The van der Waals surface area contributed by atoms with Crippen LogP contribution in [0.25, 0.3) is 0 Å². The van der Waals surface area contributed by atoms with Crippen LogP contribution in [0.1, 0.15) is 36.4 Å². The van der Waals surface area contributed by atoms with Gasteiger partial charge in [0.25, 0.3) is 0 Å². The summed E-state index contributed by atoms with van der Waals surface area (Å²) in [6, 6.07) is 20.9. The van der Waals surface area contributed by atoms with Crippen molar-refractivity contribution < 1.29 is 0 Å². The molecular formula is C21H25BrN2. The van der Waals surface area contributed by atoms with Crippen LogP contribution in [0.3, 0.4) is 0 Å². The molecule has 3 heteroatoms. The van der Waals surface area contributed by atoms with Gasteiger partial charge >= 0.3 is 0 Å². The van der Waals surface area contributed by atoms with Crippen LogP contribution >= 0.6 is 15.9 Å². The van der Waals surface area contributed by atoms with E-state index in [9.17, 15) is 0 Å². The zero-order chi connectivity index (χ0) is 16.4. The molecule has 4 rings (SSSR count). The van der Waals surface area contributed by atoms with Crippen LogP contribution in [-0.2, 0) is 6.54 Å². The molecule has 0 aromatic heterocycles. The lowest BCUT2D eigenvalue weighted by Gasteiger charge is -2.50. The minimum absolute atomic E-state index is 0.561. The van der Waals surface area contributed by atoms with Crippen molar-refractivity contribution in [3.05, 3.63) is 70.2 Å². The van der Waals surface area contributed by atoms with E-state index in [0.29, 0.717) is 12.1 Å². The molecule has 0 bridgehead atoms. The first-order chi connectivity index (χ1) is 11.8. The van der Waals surface area contributed by atoms with E-state index in [0.717, 1.165) is 6.54 Å². The number of halogens is 1. The molecule has 24 heavy (non-hydrogen) atoms. The van der Waals surface area contributed by atoms with Gasteiger partial charge < -0.3 is 4.90 Å². The highest BCUT2D eigenvalue weighted by Crippen LogP contribution is 2.41. The van der Waals surface area contributed by atoms with Gasteiger partial charge in [0.15, 0.2) is 0 Å². The topological polar surface area (TPSA) is 6.48 Å². The fourth-order valence-corrected chi connectivity index (χ4v) is 4.56. The molecule has 0 spiro atoms. The molecule has 2 aliphatic heterocycles. The molecule has 0 N–H and O–H groups in total. The van der Waals surface area contributed by atoms with Crippen LogP contribution in [0, 0.1) is 0 Å². The Balaban J connectivity index is 1.52. The molecule has 2 aliphatic rings. The summed E-state index contributed by atoms with van der Waals surface area (Å²) in [5.41, 5.74) is 2.85. The van der Waals surface area contributed by atoms with Gasteiger partial charge in [-0.05, 0) is 49.5 Å². The number of nitrogens with zero attached hydrogens (tertiary/aromatic N) is 2. The maximum absolute atomic E-state index is 3.73. The van der Waals surface area contributed by atoms with Crippen molar-refractivity contribution in [1.82, 2.24) is 9.80 Å². The van der Waals surface area contributed by atoms with Gasteiger partial charge in [0.2, 0.25) is 0 Å². The molecule has 0 amide bonds. The predicted molar refractivity (Wildman–Crippen MR) is 103 cm³/mol. The lowest BCUT2D eigenvalue weighted by atomic mass is 9.86. The number of hydrogen-bond acceptors (Lipinski definition) is 2. The van der Waals surface area contributed by atoms with E-state index in [1.807, 2.05) is 0 Å². The highest BCUT2D eigenvalue weighted by molar-refractivity contribution is 9.10. The zero-order valence-corrected chi connectivity index (χ0v) is 15.7. The van der Waals surface area contributed by atoms with Crippen molar-refractivity contribution in [2.45, 2.75) is 37.9 Å². The minimum atomic E-state index is 0.561. The highest BCUT2D eigenvalue weighted by Gasteiger charge is 2.40. The van der Waals surface area contributed by atoms with Gasteiger partial charge in [-0.15, -0.1) is 0 Å². The molecule has 0 radical (unpaired) electrons. The predicted octanol–water partition coefficient (Wildman–Crippen LogP) is 4.86. The number of benzene rings is 2. The monoisotopic (exact) mass is 384 g/mol. The Morgan fingerprint density at radius 1 is 0.917 bits per heavy atom. The second-order valence-electron chi connectivity index (χ2n) is 7.09. The molecule has 2 aromatic rings. The zero-order valence-electron chi connectivity index (χ0n) is 14.1. The summed E-state index contributed by atoms with van der Waals surface area (Å²) in [7, 11) is 0. The lowest BCUT2D eigenvalue weighted by molar-refractivity contribution is -0.0117. The first-order valence-electron chi connectivity index (χ1n) is 9.08. The summed E-state index contributed by atoms with van der Waals surface area (Å²) in [6.45, 7) is 4.83. The summed E-state index contributed by atoms with van der Waals surface area (Å²) >= 11 is 3.73. The first kappa shape index (κ1) is 16.3. The Morgan fingerprint density at radius 3 is 2.38 bits per heavy atom. The third-order valence-corrected chi connectivity index (χ3v) is 6.30. The van der Waals surface area contributed by atoms with E-state index < -0.39 is 0 Å². The molecule has 2 atom stereocenters. The molecular weight excluding hydrogens is 360 g/mol. The van der Waals surface area contributed by atoms with Crippen LogP contribution in [0.2, 0.25) is 0 Å². The van der Waals surface area contributed by atoms with Gasteiger partial charge in [-0.2, -0.15) is 0 Å². The molecule has 2 saturated heterocycles. The Bertz CT molecular complexity index is 667. The SMILES string of the molecule is Brc1ccccc1CN1C(CN2CCCC2)CC1c1ccccc1. The maximum Gasteiger partial charge on any atom is 0.0370 e. The highest BCUT2D eigenvalue weighted by atomic mass is 79.9. The molecule has 2 unspecified atom stereocenters. The Morgan fingerprint density at radius 2 is 1.62 bits per heavy atom. The van der Waals surface area contributed by atoms with Crippen molar-refractivity contribution in [3.8, 4) is 0 Å². The Kier molecular flexibility index (Phi) is 5.02. The molecule has 2 heterocycles. The van der Waals surface area contributed by atoms with Gasteiger partial charge in [0.05, 0.1) is 0 Å². The van der Waals surface area contributed by atoms with Crippen molar-refractivity contribution in [2.75, 3.05) is 19.6 Å². The molecule has 2 nitrogen and oxygen atoms in total. The van der Waals surface area contributed by atoms with Gasteiger partial charge in [-0.1, -0.05) is 64.5 Å². The quantitative estimate of drug-likeness (QED) is 0.725. The lowest BCUT2D eigenvalue weighted by Crippen LogP contribution is -2.54. The normalized spacial score (nSPS) is 24.9. The van der Waals surface area contributed by atoms with Crippen molar-refractivity contribution in [3.63, 3.8) is 0 Å². The minimum Gasteiger partial charge on any atom is -0.302 e. The summed E-state index contributed by atoms with van der Waals surface area (Å²) in [4.78, 5) is 5.35. The van der Waals surface area contributed by atoms with E-state index in [1.54, 1.807) is 0 Å².